The van der Waals surface area contributed by atoms with E-state index in [1.165, 1.54) is 25.7 Å². The monoisotopic (exact) mass is 368 g/mol. The van der Waals surface area contributed by atoms with Crippen molar-refractivity contribution >= 4 is 5.97 Å². The molecular weight excluding hydrogens is 328 g/mol. The number of hydrogen-bond donors (Lipinski definition) is 3. The minimum Gasteiger partial charge on any atom is -0.481 e. The van der Waals surface area contributed by atoms with Gasteiger partial charge in [-0.25, -0.2) is 0 Å². The van der Waals surface area contributed by atoms with E-state index in [4.69, 9.17) is 5.11 Å². The van der Waals surface area contributed by atoms with Gasteiger partial charge in [0.2, 0.25) is 0 Å². The van der Waals surface area contributed by atoms with Crippen LogP contribution in [0.25, 0.3) is 0 Å². The van der Waals surface area contributed by atoms with Crippen molar-refractivity contribution in [3.05, 3.63) is 24.3 Å². The minimum atomic E-state index is -0.969. The molecule has 0 aliphatic carbocycles. The summed E-state index contributed by atoms with van der Waals surface area (Å²) in [5, 5.41) is 28.4. The third-order valence-corrected chi connectivity index (χ3v) is 4.70. The Bertz CT molecular complexity index is 390. The van der Waals surface area contributed by atoms with Crippen LogP contribution in [0, 0.1) is 11.8 Å². The van der Waals surface area contributed by atoms with E-state index in [0.29, 0.717) is 12.8 Å². The first-order valence-corrected chi connectivity index (χ1v) is 10.3. The quantitative estimate of drug-likeness (QED) is 0.246. The van der Waals surface area contributed by atoms with Gasteiger partial charge in [0.25, 0.3) is 0 Å². The van der Waals surface area contributed by atoms with Gasteiger partial charge in [-0.15, -0.1) is 0 Å². The Kier molecular flexibility index (Phi) is 16.5. The van der Waals surface area contributed by atoms with Gasteiger partial charge in [0.1, 0.15) is 0 Å². The van der Waals surface area contributed by atoms with Gasteiger partial charge in [-0.3, -0.25) is 4.79 Å². The maximum atomic E-state index is 11.3. The van der Waals surface area contributed by atoms with Crippen molar-refractivity contribution in [1.82, 2.24) is 0 Å². The molecule has 0 aromatic carbocycles. The number of carbonyl (C=O) groups is 1. The van der Waals surface area contributed by atoms with Crippen LogP contribution in [-0.4, -0.2) is 34.0 Å². The van der Waals surface area contributed by atoms with Crippen molar-refractivity contribution in [3.8, 4) is 0 Å². The Balaban J connectivity index is 3.74. The van der Waals surface area contributed by atoms with Crippen LogP contribution in [0.4, 0.5) is 0 Å². The summed E-state index contributed by atoms with van der Waals surface area (Å²) in [4.78, 5) is 11.3. The lowest BCUT2D eigenvalue weighted by atomic mass is 9.89. The van der Waals surface area contributed by atoms with E-state index in [9.17, 15) is 15.0 Å². The van der Waals surface area contributed by atoms with Crippen LogP contribution in [0.5, 0.6) is 0 Å². The largest absolute Gasteiger partial charge is 0.481 e. The first kappa shape index (κ1) is 24.9. The third kappa shape index (κ3) is 14.1. The molecule has 3 atom stereocenters. The van der Waals surface area contributed by atoms with Crippen molar-refractivity contribution in [1.29, 1.82) is 0 Å². The standard InChI is InChI=1S/C22H40O4/c1-3-4-5-6-7-8-9-10-11-12-13-14-15-16-21(24)20(22(25)26)17-19(2)18-23/h7-8,10-11,19-21,23-24H,3-6,9,12-18H2,1-2H3,(H,25,26)/b8-7-,11-10-. The molecule has 0 aliphatic rings. The summed E-state index contributed by atoms with van der Waals surface area (Å²) in [6.07, 6.45) is 18.9. The normalized spacial score (nSPS) is 15.5. The zero-order chi connectivity index (χ0) is 19.6. The molecule has 0 amide bonds. The van der Waals surface area contributed by atoms with Crippen LogP contribution in [0.15, 0.2) is 24.3 Å². The molecule has 3 N–H and O–H groups in total. The molecule has 0 rings (SSSR count). The van der Waals surface area contributed by atoms with Crippen LogP contribution in [-0.2, 0) is 4.79 Å². The van der Waals surface area contributed by atoms with Crippen molar-refractivity contribution in [2.24, 2.45) is 11.8 Å². The van der Waals surface area contributed by atoms with E-state index < -0.39 is 18.0 Å². The number of aliphatic carboxylic acids is 1. The lowest BCUT2D eigenvalue weighted by Crippen LogP contribution is -2.30. The van der Waals surface area contributed by atoms with Crippen molar-refractivity contribution in [2.45, 2.75) is 90.6 Å². The predicted octanol–water partition coefficient (Wildman–Crippen LogP) is 5.10. The van der Waals surface area contributed by atoms with Crippen molar-refractivity contribution in [2.75, 3.05) is 6.61 Å². The summed E-state index contributed by atoms with van der Waals surface area (Å²) >= 11 is 0. The van der Waals surface area contributed by atoms with E-state index in [1.54, 1.807) is 6.92 Å². The molecule has 3 unspecified atom stereocenters. The number of allylic oxidation sites excluding steroid dienone is 4. The molecule has 26 heavy (non-hydrogen) atoms. The molecule has 0 spiro atoms. The number of aliphatic hydroxyl groups is 2. The molecule has 152 valence electrons. The lowest BCUT2D eigenvalue weighted by Gasteiger charge is -2.21. The number of unbranched alkanes of at least 4 members (excludes halogenated alkanes) is 6. The molecule has 4 heteroatoms. The van der Waals surface area contributed by atoms with E-state index in [1.807, 2.05) is 0 Å². The molecule has 4 nitrogen and oxygen atoms in total. The zero-order valence-corrected chi connectivity index (χ0v) is 16.8. The second-order valence-electron chi connectivity index (χ2n) is 7.35. The molecule has 0 aromatic heterocycles. The minimum absolute atomic E-state index is 0.0449. The molecule has 0 saturated carbocycles. The van der Waals surface area contributed by atoms with Crippen LogP contribution < -0.4 is 0 Å². The SMILES string of the molecule is CCCCC/C=C\C/C=C\CCCCCC(O)C(CC(C)CO)C(=O)O. The number of hydrogen-bond acceptors (Lipinski definition) is 3. The van der Waals surface area contributed by atoms with Gasteiger partial charge in [0.15, 0.2) is 0 Å². The highest BCUT2D eigenvalue weighted by Gasteiger charge is 2.27. The summed E-state index contributed by atoms with van der Waals surface area (Å²) in [5.74, 6) is -1.85. The van der Waals surface area contributed by atoms with Crippen LogP contribution >= 0.6 is 0 Å². The average Bonchev–Trinajstić information content (AvgIpc) is 2.62. The third-order valence-electron chi connectivity index (χ3n) is 4.70. The van der Waals surface area contributed by atoms with E-state index in [0.717, 1.165) is 32.1 Å². The summed E-state index contributed by atoms with van der Waals surface area (Å²) in [6, 6.07) is 0. The second-order valence-corrected chi connectivity index (χ2v) is 7.35. The lowest BCUT2D eigenvalue weighted by molar-refractivity contribution is -0.146. The molecule has 0 saturated heterocycles. The first-order chi connectivity index (χ1) is 12.5. The van der Waals surface area contributed by atoms with Gasteiger partial charge in [-0.2, -0.15) is 0 Å². The van der Waals surface area contributed by atoms with Crippen molar-refractivity contribution < 1.29 is 20.1 Å². The maximum Gasteiger partial charge on any atom is 0.309 e. The van der Waals surface area contributed by atoms with Crippen LogP contribution in [0.2, 0.25) is 0 Å². The van der Waals surface area contributed by atoms with E-state index in [-0.39, 0.29) is 12.5 Å². The topological polar surface area (TPSA) is 77.8 Å². The smallest absolute Gasteiger partial charge is 0.309 e. The zero-order valence-electron chi connectivity index (χ0n) is 16.8. The molecular formula is C22H40O4. The summed E-state index contributed by atoms with van der Waals surface area (Å²) < 4.78 is 0. The summed E-state index contributed by atoms with van der Waals surface area (Å²) in [6.45, 7) is 3.97. The molecule has 0 fully saturated rings. The summed E-state index contributed by atoms with van der Waals surface area (Å²) in [5.41, 5.74) is 0. The fraction of sp³-hybridized carbons (Fsp3) is 0.773. The Morgan fingerprint density at radius 2 is 1.58 bits per heavy atom. The molecule has 0 heterocycles. The number of carboxylic acid groups (broad SMARTS) is 1. The van der Waals surface area contributed by atoms with Gasteiger partial charge in [0, 0.05) is 6.61 Å². The Hall–Kier alpha value is -1.13. The average molecular weight is 369 g/mol. The van der Waals surface area contributed by atoms with Gasteiger partial charge in [-0.05, 0) is 50.9 Å². The highest BCUT2D eigenvalue weighted by molar-refractivity contribution is 5.70. The van der Waals surface area contributed by atoms with Gasteiger partial charge < -0.3 is 15.3 Å². The summed E-state index contributed by atoms with van der Waals surface area (Å²) in [7, 11) is 0. The number of rotatable bonds is 17. The number of carboxylic acids is 1. The van der Waals surface area contributed by atoms with Gasteiger partial charge >= 0.3 is 5.97 Å². The van der Waals surface area contributed by atoms with E-state index in [2.05, 4.69) is 31.2 Å². The molecule has 0 radical (unpaired) electrons. The predicted molar refractivity (Wildman–Crippen MR) is 108 cm³/mol. The molecule has 0 aromatic rings. The Morgan fingerprint density at radius 1 is 0.962 bits per heavy atom. The Morgan fingerprint density at radius 3 is 2.12 bits per heavy atom. The van der Waals surface area contributed by atoms with E-state index >= 15 is 0 Å². The first-order valence-electron chi connectivity index (χ1n) is 10.3. The highest BCUT2D eigenvalue weighted by Crippen LogP contribution is 2.20. The van der Waals surface area contributed by atoms with Gasteiger partial charge in [-0.1, -0.05) is 63.8 Å². The molecule has 0 aliphatic heterocycles. The second kappa shape index (κ2) is 17.3. The van der Waals surface area contributed by atoms with Crippen LogP contribution in [0.3, 0.4) is 0 Å². The highest BCUT2D eigenvalue weighted by atomic mass is 16.4. The number of aliphatic hydroxyl groups excluding tert-OH is 2. The van der Waals surface area contributed by atoms with Gasteiger partial charge in [0.05, 0.1) is 12.0 Å². The maximum absolute atomic E-state index is 11.3. The van der Waals surface area contributed by atoms with Crippen molar-refractivity contribution in [3.63, 3.8) is 0 Å². The van der Waals surface area contributed by atoms with Crippen LogP contribution in [0.1, 0.15) is 84.5 Å². The fourth-order valence-electron chi connectivity index (χ4n) is 2.94. The molecule has 0 bridgehead atoms. The Labute approximate surface area is 160 Å². The fourth-order valence-corrected chi connectivity index (χ4v) is 2.94.